The molecule has 29 heavy (non-hydrogen) atoms. The second-order valence-electron chi connectivity index (χ2n) is 6.40. The highest BCUT2D eigenvalue weighted by molar-refractivity contribution is 6.31. The van der Waals surface area contributed by atoms with Crippen molar-refractivity contribution in [3.8, 4) is 33.8 Å². The molecule has 5 heteroatoms. The van der Waals surface area contributed by atoms with Gasteiger partial charge in [-0.1, -0.05) is 70.7 Å². The van der Waals surface area contributed by atoms with Gasteiger partial charge < -0.3 is 4.74 Å². The van der Waals surface area contributed by atoms with Gasteiger partial charge in [-0.25, -0.2) is 0 Å². The molecule has 0 fully saturated rings. The van der Waals surface area contributed by atoms with Gasteiger partial charge in [-0.3, -0.25) is 0 Å². The fourth-order valence-corrected chi connectivity index (χ4v) is 3.59. The minimum Gasteiger partial charge on any atom is -0.456 e. The summed E-state index contributed by atoms with van der Waals surface area (Å²) in [7, 11) is 0. The molecule has 0 N–H and O–H groups in total. The molecule has 0 atom stereocenters. The van der Waals surface area contributed by atoms with Crippen molar-refractivity contribution < 1.29 is 4.74 Å². The fraction of sp³-hybridized carbons (Fsp3) is 0. The number of benzene rings is 4. The Morgan fingerprint density at radius 3 is 1.14 bits per heavy atom. The molecule has 0 spiro atoms. The van der Waals surface area contributed by atoms with E-state index in [9.17, 15) is 0 Å². The molecule has 0 amide bonds. The Kier molecular flexibility index (Phi) is 6.03. The summed E-state index contributed by atoms with van der Waals surface area (Å²) < 4.78 is 6.34. The lowest BCUT2D eigenvalue weighted by Gasteiger charge is -2.16. The molecule has 4 rings (SSSR count). The molecule has 0 radical (unpaired) electrons. The van der Waals surface area contributed by atoms with Crippen molar-refractivity contribution in [2.45, 2.75) is 0 Å². The minimum absolute atomic E-state index is 0.577. The quantitative estimate of drug-likeness (QED) is 0.295. The number of rotatable bonds is 4. The van der Waals surface area contributed by atoms with E-state index >= 15 is 0 Å². The fourth-order valence-electron chi connectivity index (χ4n) is 3.02. The first kappa shape index (κ1) is 20.1. The summed E-state index contributed by atoms with van der Waals surface area (Å²) in [5.41, 5.74) is 3.73. The first-order valence-electron chi connectivity index (χ1n) is 8.78. The summed E-state index contributed by atoms with van der Waals surface area (Å²) in [5.74, 6) is 1.25. The minimum atomic E-state index is 0.577. The van der Waals surface area contributed by atoms with E-state index in [1.165, 1.54) is 0 Å². The Labute approximate surface area is 189 Å². The SMILES string of the molecule is Clc1ccc(-c2ccc(Cl)cc2Oc2cc(Cl)ccc2-c2ccc(Cl)cc2)cc1. The Morgan fingerprint density at radius 2 is 0.759 bits per heavy atom. The van der Waals surface area contributed by atoms with Crippen LogP contribution in [0.5, 0.6) is 11.5 Å². The van der Waals surface area contributed by atoms with E-state index in [0.717, 1.165) is 22.3 Å². The summed E-state index contributed by atoms with van der Waals surface area (Å²) in [4.78, 5) is 0. The molecule has 0 aromatic heterocycles. The van der Waals surface area contributed by atoms with Crippen LogP contribution in [0.25, 0.3) is 22.3 Å². The van der Waals surface area contributed by atoms with Gasteiger partial charge in [0.2, 0.25) is 0 Å². The van der Waals surface area contributed by atoms with Crippen LogP contribution in [0.4, 0.5) is 0 Å². The lowest BCUT2D eigenvalue weighted by atomic mass is 10.0. The van der Waals surface area contributed by atoms with Crippen LogP contribution in [0.15, 0.2) is 84.9 Å². The molecule has 4 aromatic carbocycles. The molecular formula is C24H14Cl4O. The molecule has 0 heterocycles. The van der Waals surface area contributed by atoms with Crippen molar-refractivity contribution in [3.63, 3.8) is 0 Å². The zero-order chi connectivity index (χ0) is 20.4. The number of hydrogen-bond acceptors (Lipinski definition) is 1. The standard InChI is InChI=1S/C24H14Cl4O/c25-17-5-1-15(2-6-17)21-11-9-19(27)13-23(21)29-24-14-20(28)10-12-22(24)16-3-7-18(26)8-4-16/h1-14H. The molecule has 1 nitrogen and oxygen atoms in total. The third-order valence-electron chi connectivity index (χ3n) is 4.42. The number of halogens is 4. The molecule has 0 bridgehead atoms. The monoisotopic (exact) mass is 458 g/mol. The van der Waals surface area contributed by atoms with Gasteiger partial charge in [0, 0.05) is 43.4 Å². The summed E-state index contributed by atoms with van der Waals surface area (Å²) >= 11 is 24.6. The first-order valence-corrected chi connectivity index (χ1v) is 10.3. The Balaban J connectivity index is 1.80. The van der Waals surface area contributed by atoms with Gasteiger partial charge in [0.15, 0.2) is 0 Å². The average Bonchev–Trinajstić information content (AvgIpc) is 2.70. The van der Waals surface area contributed by atoms with E-state index in [4.69, 9.17) is 51.1 Å². The van der Waals surface area contributed by atoms with Crippen molar-refractivity contribution in [1.82, 2.24) is 0 Å². The van der Waals surface area contributed by atoms with Crippen LogP contribution in [-0.4, -0.2) is 0 Å². The summed E-state index contributed by atoms with van der Waals surface area (Å²) in [5, 5.41) is 2.50. The lowest BCUT2D eigenvalue weighted by molar-refractivity contribution is 0.486. The largest absolute Gasteiger partial charge is 0.456 e. The third kappa shape index (κ3) is 4.71. The van der Waals surface area contributed by atoms with Crippen LogP contribution in [0.1, 0.15) is 0 Å². The normalized spacial score (nSPS) is 10.8. The van der Waals surface area contributed by atoms with Gasteiger partial charge >= 0.3 is 0 Å². The van der Waals surface area contributed by atoms with E-state index < -0.39 is 0 Å². The highest BCUT2D eigenvalue weighted by Crippen LogP contribution is 2.40. The van der Waals surface area contributed by atoms with Crippen LogP contribution in [0.2, 0.25) is 20.1 Å². The van der Waals surface area contributed by atoms with Crippen LogP contribution in [-0.2, 0) is 0 Å². The van der Waals surface area contributed by atoms with Crippen molar-refractivity contribution in [3.05, 3.63) is 105 Å². The highest BCUT2D eigenvalue weighted by Gasteiger charge is 2.13. The van der Waals surface area contributed by atoms with Gasteiger partial charge in [0.1, 0.15) is 11.5 Å². The molecule has 0 unspecified atom stereocenters. The van der Waals surface area contributed by atoms with Crippen molar-refractivity contribution >= 4 is 46.4 Å². The topological polar surface area (TPSA) is 9.23 Å². The highest BCUT2D eigenvalue weighted by atomic mass is 35.5. The zero-order valence-electron chi connectivity index (χ0n) is 15.0. The van der Waals surface area contributed by atoms with Crippen LogP contribution >= 0.6 is 46.4 Å². The molecule has 4 aromatic rings. The lowest BCUT2D eigenvalue weighted by Crippen LogP contribution is -1.92. The Bertz CT molecular complexity index is 1060. The van der Waals surface area contributed by atoms with E-state index in [1.807, 2.05) is 72.8 Å². The van der Waals surface area contributed by atoms with Crippen LogP contribution in [0, 0.1) is 0 Å². The van der Waals surface area contributed by atoms with E-state index in [2.05, 4.69) is 0 Å². The van der Waals surface area contributed by atoms with E-state index in [-0.39, 0.29) is 0 Å². The maximum atomic E-state index is 6.34. The van der Waals surface area contributed by atoms with Crippen molar-refractivity contribution in [2.24, 2.45) is 0 Å². The number of hydrogen-bond donors (Lipinski definition) is 0. The smallest absolute Gasteiger partial charge is 0.136 e. The van der Waals surface area contributed by atoms with Gasteiger partial charge in [-0.05, 0) is 59.7 Å². The van der Waals surface area contributed by atoms with Crippen LogP contribution in [0.3, 0.4) is 0 Å². The van der Waals surface area contributed by atoms with Gasteiger partial charge in [-0.15, -0.1) is 0 Å². The maximum Gasteiger partial charge on any atom is 0.136 e. The van der Waals surface area contributed by atoms with Crippen molar-refractivity contribution in [1.29, 1.82) is 0 Å². The molecule has 0 saturated carbocycles. The maximum absolute atomic E-state index is 6.34. The summed E-state index contributed by atoms with van der Waals surface area (Å²) in [6, 6.07) is 26.2. The van der Waals surface area contributed by atoms with E-state index in [1.54, 1.807) is 12.1 Å². The predicted molar refractivity (Wildman–Crippen MR) is 124 cm³/mol. The van der Waals surface area contributed by atoms with E-state index in [0.29, 0.717) is 31.6 Å². The molecule has 0 aliphatic carbocycles. The number of ether oxygens (including phenoxy) is 1. The molecule has 0 aliphatic rings. The molecule has 144 valence electrons. The average molecular weight is 460 g/mol. The second kappa shape index (κ2) is 8.69. The van der Waals surface area contributed by atoms with Crippen molar-refractivity contribution in [2.75, 3.05) is 0 Å². The predicted octanol–water partition coefficient (Wildman–Crippen LogP) is 9.43. The Hall–Kier alpha value is -2.16. The summed E-state index contributed by atoms with van der Waals surface area (Å²) in [6.45, 7) is 0. The summed E-state index contributed by atoms with van der Waals surface area (Å²) in [6.07, 6.45) is 0. The van der Waals surface area contributed by atoms with Gasteiger partial charge in [0.05, 0.1) is 0 Å². The first-order chi connectivity index (χ1) is 14.0. The molecular weight excluding hydrogens is 446 g/mol. The molecule has 0 saturated heterocycles. The zero-order valence-corrected chi connectivity index (χ0v) is 18.0. The second-order valence-corrected chi connectivity index (χ2v) is 8.14. The van der Waals surface area contributed by atoms with Gasteiger partial charge in [-0.2, -0.15) is 0 Å². The molecule has 0 aliphatic heterocycles. The third-order valence-corrected chi connectivity index (χ3v) is 5.39. The van der Waals surface area contributed by atoms with Gasteiger partial charge in [0.25, 0.3) is 0 Å². The van der Waals surface area contributed by atoms with Crippen LogP contribution < -0.4 is 4.74 Å². The Morgan fingerprint density at radius 1 is 0.414 bits per heavy atom.